The summed E-state index contributed by atoms with van der Waals surface area (Å²) in [4.78, 5) is 1.99. The quantitative estimate of drug-likeness (QED) is 0.710. The minimum absolute atomic E-state index is 0.0258. The van der Waals surface area contributed by atoms with E-state index in [9.17, 15) is 0 Å². The molecule has 0 amide bonds. The Morgan fingerprint density at radius 1 is 1.12 bits per heavy atom. The summed E-state index contributed by atoms with van der Waals surface area (Å²) in [5, 5.41) is 15.7. The molecule has 16 heavy (non-hydrogen) atoms. The van der Waals surface area contributed by atoms with Crippen LogP contribution in [0.3, 0.4) is 0 Å². The molecule has 1 aliphatic heterocycles. The van der Waals surface area contributed by atoms with Crippen molar-refractivity contribution in [3.8, 4) is 6.01 Å². The zero-order valence-electron chi connectivity index (χ0n) is 9.46. The molecular formula is C9H15N5O2. The molecule has 0 radical (unpaired) electrons. The first kappa shape index (κ1) is 11.0. The summed E-state index contributed by atoms with van der Waals surface area (Å²) in [7, 11) is 0. The van der Waals surface area contributed by atoms with E-state index >= 15 is 0 Å². The molecule has 7 heteroatoms. The smallest absolute Gasteiger partial charge is 0.355 e. The van der Waals surface area contributed by atoms with Crippen molar-refractivity contribution in [1.29, 1.82) is 0 Å². The largest absolute Gasteiger partial charge is 0.459 e. The first-order chi connectivity index (χ1) is 7.75. The summed E-state index contributed by atoms with van der Waals surface area (Å²) in [5.41, 5.74) is 0. The number of anilines is 1. The summed E-state index contributed by atoms with van der Waals surface area (Å²) < 4.78 is 10.5. The van der Waals surface area contributed by atoms with Crippen molar-refractivity contribution in [2.24, 2.45) is 0 Å². The lowest BCUT2D eigenvalue weighted by atomic mass is 10.4. The minimum atomic E-state index is 0.0258. The van der Waals surface area contributed by atoms with Crippen molar-refractivity contribution >= 4 is 5.95 Å². The van der Waals surface area contributed by atoms with Crippen LogP contribution in [0.25, 0.3) is 0 Å². The highest BCUT2D eigenvalue weighted by Crippen LogP contribution is 2.08. The molecule has 0 N–H and O–H groups in total. The molecule has 0 atom stereocenters. The molecule has 1 fully saturated rings. The number of rotatable bonds is 3. The van der Waals surface area contributed by atoms with Gasteiger partial charge in [0.1, 0.15) is 0 Å². The van der Waals surface area contributed by atoms with E-state index in [4.69, 9.17) is 9.47 Å². The van der Waals surface area contributed by atoms with Gasteiger partial charge in [0.2, 0.25) is 0 Å². The third kappa shape index (κ3) is 2.75. The van der Waals surface area contributed by atoms with Gasteiger partial charge in [-0.3, -0.25) is 0 Å². The van der Waals surface area contributed by atoms with Crippen LogP contribution in [0.4, 0.5) is 5.95 Å². The first-order valence-electron chi connectivity index (χ1n) is 5.32. The number of aromatic nitrogens is 4. The summed E-state index contributed by atoms with van der Waals surface area (Å²) in [6, 6.07) is 0.215. The molecule has 0 spiro atoms. The Morgan fingerprint density at radius 2 is 1.75 bits per heavy atom. The van der Waals surface area contributed by atoms with Gasteiger partial charge in [0.15, 0.2) is 0 Å². The second kappa shape index (κ2) is 5.02. The van der Waals surface area contributed by atoms with Crippen LogP contribution in [-0.4, -0.2) is 52.8 Å². The zero-order valence-corrected chi connectivity index (χ0v) is 9.46. The van der Waals surface area contributed by atoms with Crippen molar-refractivity contribution in [2.45, 2.75) is 20.0 Å². The molecule has 0 bridgehead atoms. The molecule has 1 aliphatic rings. The monoisotopic (exact) mass is 225 g/mol. The maximum atomic E-state index is 5.27. The van der Waals surface area contributed by atoms with E-state index in [0.717, 1.165) is 13.1 Å². The first-order valence-corrected chi connectivity index (χ1v) is 5.32. The number of hydrogen-bond acceptors (Lipinski definition) is 7. The lowest BCUT2D eigenvalue weighted by Gasteiger charge is -2.25. The van der Waals surface area contributed by atoms with E-state index in [2.05, 4.69) is 20.4 Å². The van der Waals surface area contributed by atoms with Crippen LogP contribution in [0.5, 0.6) is 6.01 Å². The summed E-state index contributed by atoms with van der Waals surface area (Å²) in [6.07, 6.45) is 0.0258. The van der Waals surface area contributed by atoms with Gasteiger partial charge in [0.05, 0.1) is 19.3 Å². The Morgan fingerprint density at radius 3 is 2.31 bits per heavy atom. The molecule has 1 saturated heterocycles. The predicted octanol–water partition coefficient (Wildman–Crippen LogP) is -0.110. The van der Waals surface area contributed by atoms with Crippen LogP contribution in [0.15, 0.2) is 0 Å². The Balaban J connectivity index is 2.00. The Labute approximate surface area is 93.8 Å². The third-order valence-corrected chi connectivity index (χ3v) is 2.09. The summed E-state index contributed by atoms with van der Waals surface area (Å²) in [6.45, 7) is 6.72. The zero-order chi connectivity index (χ0) is 11.4. The molecule has 1 aromatic heterocycles. The lowest BCUT2D eigenvalue weighted by Crippen LogP contribution is -2.37. The van der Waals surface area contributed by atoms with E-state index < -0.39 is 0 Å². The fraction of sp³-hybridized carbons (Fsp3) is 0.778. The van der Waals surface area contributed by atoms with Crippen LogP contribution >= 0.6 is 0 Å². The fourth-order valence-electron chi connectivity index (χ4n) is 1.36. The highest BCUT2D eigenvalue weighted by Gasteiger charge is 2.15. The maximum Gasteiger partial charge on any atom is 0.355 e. The van der Waals surface area contributed by atoms with E-state index in [0.29, 0.717) is 19.2 Å². The normalized spacial score (nSPS) is 16.6. The number of ether oxygens (including phenoxy) is 2. The van der Waals surface area contributed by atoms with E-state index in [1.54, 1.807) is 0 Å². The Bertz CT molecular complexity index is 323. The third-order valence-electron chi connectivity index (χ3n) is 2.09. The van der Waals surface area contributed by atoms with Crippen LogP contribution in [0.2, 0.25) is 0 Å². The van der Waals surface area contributed by atoms with Crippen molar-refractivity contribution < 1.29 is 9.47 Å². The number of nitrogens with zero attached hydrogens (tertiary/aromatic N) is 5. The van der Waals surface area contributed by atoms with Gasteiger partial charge in [-0.1, -0.05) is 10.2 Å². The molecule has 7 nitrogen and oxygen atoms in total. The number of hydrogen-bond donors (Lipinski definition) is 0. The van der Waals surface area contributed by atoms with Gasteiger partial charge in [0, 0.05) is 13.1 Å². The molecule has 2 heterocycles. The molecule has 2 rings (SSSR count). The average molecular weight is 225 g/mol. The molecule has 1 aromatic rings. The molecule has 0 aliphatic carbocycles. The predicted molar refractivity (Wildman–Crippen MR) is 56.4 cm³/mol. The van der Waals surface area contributed by atoms with E-state index in [-0.39, 0.29) is 12.1 Å². The van der Waals surface area contributed by atoms with Gasteiger partial charge < -0.3 is 14.4 Å². The van der Waals surface area contributed by atoms with Crippen LogP contribution in [0.1, 0.15) is 13.8 Å². The van der Waals surface area contributed by atoms with Gasteiger partial charge in [-0.05, 0) is 13.8 Å². The second-order valence-electron chi connectivity index (χ2n) is 3.75. The van der Waals surface area contributed by atoms with Crippen molar-refractivity contribution in [1.82, 2.24) is 20.4 Å². The van der Waals surface area contributed by atoms with Gasteiger partial charge in [0.25, 0.3) is 5.95 Å². The molecule has 0 aromatic carbocycles. The van der Waals surface area contributed by atoms with Gasteiger partial charge in [-0.25, -0.2) is 0 Å². The molecular weight excluding hydrogens is 210 g/mol. The highest BCUT2D eigenvalue weighted by molar-refractivity contribution is 5.26. The number of morpholine rings is 1. The second-order valence-corrected chi connectivity index (χ2v) is 3.75. The van der Waals surface area contributed by atoms with E-state index in [1.807, 2.05) is 18.7 Å². The van der Waals surface area contributed by atoms with Crippen molar-refractivity contribution in [3.05, 3.63) is 0 Å². The van der Waals surface area contributed by atoms with Crippen LogP contribution in [-0.2, 0) is 4.74 Å². The van der Waals surface area contributed by atoms with Crippen molar-refractivity contribution in [2.75, 3.05) is 31.2 Å². The lowest BCUT2D eigenvalue weighted by molar-refractivity contribution is 0.121. The van der Waals surface area contributed by atoms with Crippen molar-refractivity contribution in [3.63, 3.8) is 0 Å². The van der Waals surface area contributed by atoms with Gasteiger partial charge >= 0.3 is 6.01 Å². The van der Waals surface area contributed by atoms with Gasteiger partial charge in [-0.15, -0.1) is 10.2 Å². The summed E-state index contributed by atoms with van der Waals surface area (Å²) >= 11 is 0. The summed E-state index contributed by atoms with van der Waals surface area (Å²) in [5.74, 6) is 0.527. The maximum absolute atomic E-state index is 5.27. The van der Waals surface area contributed by atoms with Crippen LogP contribution in [0, 0.1) is 0 Å². The topological polar surface area (TPSA) is 73.3 Å². The van der Waals surface area contributed by atoms with E-state index in [1.165, 1.54) is 0 Å². The van der Waals surface area contributed by atoms with Gasteiger partial charge in [-0.2, -0.15) is 0 Å². The fourth-order valence-corrected chi connectivity index (χ4v) is 1.36. The molecule has 0 saturated carbocycles. The Hall–Kier alpha value is -1.50. The highest BCUT2D eigenvalue weighted by atomic mass is 16.5. The molecule has 0 unspecified atom stereocenters. The average Bonchev–Trinajstić information content (AvgIpc) is 2.30. The Kier molecular flexibility index (Phi) is 3.45. The minimum Gasteiger partial charge on any atom is -0.459 e. The standard InChI is InChI=1S/C9H15N5O2/c1-7(2)16-9-12-10-8(11-13-9)14-3-5-15-6-4-14/h7H,3-6H2,1-2H3. The SMILES string of the molecule is CC(C)Oc1nnc(N2CCOCC2)nn1. The molecule has 88 valence electrons. The van der Waals surface area contributed by atoms with Crippen LogP contribution < -0.4 is 9.64 Å².